The lowest BCUT2D eigenvalue weighted by Gasteiger charge is -2.37. The zero-order valence-electron chi connectivity index (χ0n) is 35.2. The number of alkyl carbamates (subject to hydrolysis) is 1. The van der Waals surface area contributed by atoms with Crippen molar-refractivity contribution >= 4 is 45.9 Å². The van der Waals surface area contributed by atoms with Gasteiger partial charge in [0.05, 0.1) is 41.0 Å². The molecule has 5 aromatic rings. The number of ketones is 1. The summed E-state index contributed by atoms with van der Waals surface area (Å²) in [4.78, 5) is 84.4. The van der Waals surface area contributed by atoms with Crippen molar-refractivity contribution in [3.63, 3.8) is 0 Å². The second-order valence-corrected chi connectivity index (χ2v) is 18.1. The summed E-state index contributed by atoms with van der Waals surface area (Å²) in [7, 11) is 0. The number of aliphatic hydroxyl groups is 1. The first-order valence-corrected chi connectivity index (χ1v) is 21.7. The number of amides is 4. The highest BCUT2D eigenvalue weighted by Gasteiger charge is 2.39. The van der Waals surface area contributed by atoms with Crippen molar-refractivity contribution in [2.24, 2.45) is 5.92 Å². The number of hydrogen-bond donors (Lipinski definition) is 4. The molecular weight excluding hydrogens is 797 g/mol. The number of carbonyl (C=O) groups excluding carboxylic acids is 5. The summed E-state index contributed by atoms with van der Waals surface area (Å²) in [6.45, 7) is 9.30. The molecule has 2 unspecified atom stereocenters. The van der Waals surface area contributed by atoms with E-state index in [0.29, 0.717) is 36.6 Å². The van der Waals surface area contributed by atoms with Crippen LogP contribution in [0.25, 0.3) is 26.7 Å². The van der Waals surface area contributed by atoms with E-state index in [9.17, 15) is 29.1 Å². The number of carbonyl (C=O) groups is 5. The minimum absolute atomic E-state index is 0.0694. The molecule has 2 aliphatic rings. The van der Waals surface area contributed by atoms with Crippen molar-refractivity contribution < 1.29 is 33.8 Å². The Labute approximate surface area is 358 Å². The molecule has 15 nitrogen and oxygen atoms in total. The summed E-state index contributed by atoms with van der Waals surface area (Å²) < 4.78 is 7.41. The highest BCUT2D eigenvalue weighted by molar-refractivity contribution is 7.20. The highest BCUT2D eigenvalue weighted by atomic mass is 32.1. The van der Waals surface area contributed by atoms with Crippen molar-refractivity contribution in [2.75, 3.05) is 19.7 Å². The van der Waals surface area contributed by atoms with Gasteiger partial charge in [0.2, 0.25) is 11.8 Å². The number of fused-ring (bicyclic) bond motifs is 1. The molecule has 0 saturated carbocycles. The van der Waals surface area contributed by atoms with Gasteiger partial charge in [-0.3, -0.25) is 23.6 Å². The molecule has 4 N–H and O–H groups in total. The number of benzene rings is 2. The van der Waals surface area contributed by atoms with Crippen LogP contribution in [0.5, 0.6) is 0 Å². The van der Waals surface area contributed by atoms with E-state index in [1.807, 2.05) is 61.0 Å². The molecule has 4 amide bonds. The summed E-state index contributed by atoms with van der Waals surface area (Å²) in [6, 6.07) is 14.5. The molecule has 4 atom stereocenters. The maximum atomic E-state index is 14.2. The molecule has 0 aliphatic carbocycles. The lowest BCUT2D eigenvalue weighted by Crippen LogP contribution is -2.53. The quantitative estimate of drug-likeness (QED) is 0.110. The number of aromatic amines is 1. The summed E-state index contributed by atoms with van der Waals surface area (Å²) in [5.41, 5.74) is 3.23. The number of Topliss-reactive ketones (excluding diaryl/α,β-unsaturated/α-hetero) is 1. The van der Waals surface area contributed by atoms with Gasteiger partial charge in [-0.15, -0.1) is 0 Å². The van der Waals surface area contributed by atoms with Crippen molar-refractivity contribution in [2.45, 2.75) is 103 Å². The number of nitrogens with zero attached hydrogens (tertiary/aromatic N) is 5. The maximum Gasteiger partial charge on any atom is 0.408 e. The number of hydrogen-bond acceptors (Lipinski definition) is 10. The monoisotopic (exact) mass is 850 g/mol. The Bertz CT molecular complexity index is 2330. The van der Waals surface area contributed by atoms with Gasteiger partial charge in [0.25, 0.3) is 5.91 Å². The summed E-state index contributed by atoms with van der Waals surface area (Å²) in [6.07, 6.45) is 8.65. The van der Waals surface area contributed by atoms with Crippen LogP contribution in [0.3, 0.4) is 0 Å². The molecule has 0 bridgehead atoms. The molecular formula is C45H54N8O7S. The molecule has 2 saturated heterocycles. The fraction of sp³-hybridized carbons (Fsp3) is 0.444. The van der Waals surface area contributed by atoms with Gasteiger partial charge in [-0.25, -0.2) is 14.8 Å². The lowest BCUT2D eigenvalue weighted by molar-refractivity contribution is -0.143. The van der Waals surface area contributed by atoms with Crippen LogP contribution in [0.1, 0.15) is 95.9 Å². The van der Waals surface area contributed by atoms with Gasteiger partial charge < -0.3 is 35.3 Å². The molecule has 7 rings (SSSR count). The van der Waals surface area contributed by atoms with E-state index in [1.54, 1.807) is 61.0 Å². The Kier molecular flexibility index (Phi) is 13.0. The summed E-state index contributed by atoms with van der Waals surface area (Å²) in [5.74, 6) is -0.678. The van der Waals surface area contributed by atoms with Crippen LogP contribution >= 0.6 is 11.3 Å². The zero-order chi connectivity index (χ0) is 43.4. The highest BCUT2D eigenvalue weighted by Crippen LogP contribution is 2.34. The Morgan fingerprint density at radius 3 is 2.31 bits per heavy atom. The number of thiazole rings is 1. The normalized spacial score (nSPS) is 18.0. The smallest absolute Gasteiger partial charge is 0.408 e. The standard InChI is InChI=1S/C45H54N8O7S/c1-27(2)38(49-37(56)26-54)41(57)53-21-11-15-34(53)40-46-23-32(48-40)28-16-18-29(19-17-28)36-25-51-24-31(47-43(51)61-36)22-35(55)33-14-9-10-20-52(33)42(58)39(30-12-7-6-8-13-30)50-44(59)60-45(3,4)5/h6-8,12-13,16-19,23-25,27,33-34,38-39,54H,9-11,14-15,20-22,26H2,1-5H3,(H,46,48)(H,49,56)(H,50,59)/t33?,34?,38-,39+/m0/s1. The average Bonchev–Trinajstić information content (AvgIpc) is 4.06. The predicted molar refractivity (Wildman–Crippen MR) is 230 cm³/mol. The number of likely N-dealkylation sites (tertiary alicyclic amines) is 2. The van der Waals surface area contributed by atoms with Crippen molar-refractivity contribution in [1.82, 2.24) is 39.8 Å². The average molecular weight is 851 g/mol. The van der Waals surface area contributed by atoms with E-state index < -0.39 is 42.3 Å². The minimum atomic E-state index is -1.01. The van der Waals surface area contributed by atoms with E-state index in [1.165, 1.54) is 11.3 Å². The SMILES string of the molecule is CC(C)[C@H](NC(=O)CO)C(=O)N1CCCC1c1ncc(-c2ccc(-c3cn4cc(CC(=O)C5CCCCN5C(=O)[C@H](NC(=O)OC(C)(C)C)c5ccccc5)nc4s3)cc2)[nH]1. The third kappa shape index (κ3) is 10.0. The molecule has 2 aromatic carbocycles. The molecule has 0 radical (unpaired) electrons. The van der Waals surface area contributed by atoms with E-state index in [0.717, 1.165) is 52.3 Å². The Morgan fingerprint density at radius 1 is 0.902 bits per heavy atom. The number of nitrogens with one attached hydrogen (secondary N) is 3. The molecule has 61 heavy (non-hydrogen) atoms. The Hall–Kier alpha value is -5.87. The first-order valence-electron chi connectivity index (χ1n) is 20.9. The zero-order valence-corrected chi connectivity index (χ0v) is 36.0. The maximum absolute atomic E-state index is 14.2. The largest absolute Gasteiger partial charge is 0.444 e. The van der Waals surface area contributed by atoms with Crippen LogP contribution in [0.2, 0.25) is 0 Å². The van der Waals surface area contributed by atoms with E-state index in [2.05, 4.69) is 20.6 Å². The molecule has 322 valence electrons. The molecule has 2 aliphatic heterocycles. The second-order valence-electron chi connectivity index (χ2n) is 17.1. The van der Waals surface area contributed by atoms with E-state index in [-0.39, 0.29) is 36.0 Å². The second kappa shape index (κ2) is 18.4. The van der Waals surface area contributed by atoms with Crippen molar-refractivity contribution in [3.05, 3.63) is 90.3 Å². The van der Waals surface area contributed by atoms with E-state index >= 15 is 0 Å². The van der Waals surface area contributed by atoms with Gasteiger partial charge in [0.1, 0.15) is 30.1 Å². The van der Waals surface area contributed by atoms with Gasteiger partial charge in [0, 0.05) is 25.5 Å². The number of ether oxygens (including phenoxy) is 1. The fourth-order valence-electron chi connectivity index (χ4n) is 8.11. The topological polar surface area (TPSA) is 191 Å². The van der Waals surface area contributed by atoms with Crippen molar-refractivity contribution in [1.29, 1.82) is 0 Å². The van der Waals surface area contributed by atoms with Crippen LogP contribution in [0.4, 0.5) is 4.79 Å². The molecule has 3 aromatic heterocycles. The fourth-order valence-corrected chi connectivity index (χ4v) is 9.10. The van der Waals surface area contributed by atoms with Crippen molar-refractivity contribution in [3.8, 4) is 21.7 Å². The number of imidazole rings is 2. The third-order valence-corrected chi connectivity index (χ3v) is 12.1. The van der Waals surface area contributed by atoms with Gasteiger partial charge in [0.15, 0.2) is 10.7 Å². The first kappa shape index (κ1) is 43.2. The lowest BCUT2D eigenvalue weighted by atomic mass is 9.94. The van der Waals surface area contributed by atoms with Gasteiger partial charge >= 0.3 is 6.09 Å². The van der Waals surface area contributed by atoms with Gasteiger partial charge in [-0.2, -0.15) is 0 Å². The molecule has 5 heterocycles. The van der Waals surface area contributed by atoms with Crippen LogP contribution in [0, 0.1) is 5.92 Å². The number of rotatable bonds is 13. The third-order valence-electron chi connectivity index (χ3n) is 11.1. The minimum Gasteiger partial charge on any atom is -0.444 e. The Morgan fingerprint density at radius 2 is 1.62 bits per heavy atom. The first-order chi connectivity index (χ1) is 29.2. The van der Waals surface area contributed by atoms with Gasteiger partial charge in [-0.1, -0.05) is 79.8 Å². The number of H-pyrrole nitrogens is 1. The Balaban J connectivity index is 1.00. The molecule has 16 heteroatoms. The van der Waals surface area contributed by atoms with Crippen LogP contribution in [-0.4, -0.2) is 101 Å². The number of aliphatic hydroxyl groups excluding tert-OH is 1. The summed E-state index contributed by atoms with van der Waals surface area (Å²) in [5, 5.41) is 14.7. The number of piperidine rings is 1. The molecule has 2 fully saturated rings. The predicted octanol–water partition coefficient (Wildman–Crippen LogP) is 6.01. The molecule has 0 spiro atoms. The van der Waals surface area contributed by atoms with E-state index in [4.69, 9.17) is 9.72 Å². The number of aromatic nitrogens is 4. The summed E-state index contributed by atoms with van der Waals surface area (Å²) >= 11 is 1.51. The van der Waals surface area contributed by atoms with Crippen LogP contribution < -0.4 is 10.6 Å². The van der Waals surface area contributed by atoms with Crippen LogP contribution in [0.15, 0.2) is 73.2 Å². The van der Waals surface area contributed by atoms with Crippen LogP contribution in [-0.2, 0) is 30.3 Å². The van der Waals surface area contributed by atoms with Gasteiger partial charge in [-0.05, 0) is 75.5 Å².